The van der Waals surface area contributed by atoms with E-state index in [-0.39, 0.29) is 10.9 Å². The quantitative estimate of drug-likeness (QED) is 0.829. The van der Waals surface area contributed by atoms with E-state index < -0.39 is 10.0 Å². The lowest BCUT2D eigenvalue weighted by Gasteiger charge is -2.14. The first-order chi connectivity index (χ1) is 9.96. The Morgan fingerprint density at radius 3 is 2.71 bits per heavy atom. The molecular weight excluding hydrogens is 328 g/mol. The molecule has 2 atom stereocenters. The molecule has 1 aliphatic rings. The molecule has 4 nitrogen and oxygen atoms in total. The van der Waals surface area contributed by atoms with E-state index in [0.29, 0.717) is 16.8 Å². The number of hydrogen-bond acceptors (Lipinski definition) is 4. The number of rotatable bonds is 6. The second-order valence-corrected chi connectivity index (χ2v) is 8.53. The fraction of sp³-hybridized carbons (Fsp3) is 0.571. The fourth-order valence-electron chi connectivity index (χ4n) is 2.58. The van der Waals surface area contributed by atoms with Crippen LogP contribution in [-0.2, 0) is 16.6 Å². The Hall–Kier alpha value is -0.270. The van der Waals surface area contributed by atoms with Gasteiger partial charge in [0.05, 0.1) is 4.90 Å². The second kappa shape index (κ2) is 7.33. The highest BCUT2D eigenvalue weighted by atomic mass is 35.5. The van der Waals surface area contributed by atoms with Gasteiger partial charge in [-0.2, -0.15) is 11.8 Å². The van der Waals surface area contributed by atoms with Crippen LogP contribution >= 0.6 is 23.4 Å². The molecule has 2 N–H and O–H groups in total. The Morgan fingerprint density at radius 1 is 1.38 bits per heavy atom. The molecule has 0 radical (unpaired) electrons. The molecule has 0 bridgehead atoms. The molecule has 0 aliphatic heterocycles. The van der Waals surface area contributed by atoms with Gasteiger partial charge < -0.3 is 5.32 Å². The van der Waals surface area contributed by atoms with Crippen molar-refractivity contribution in [3.63, 3.8) is 0 Å². The van der Waals surface area contributed by atoms with Crippen molar-refractivity contribution in [3.05, 3.63) is 28.8 Å². The maximum absolute atomic E-state index is 12.4. The monoisotopic (exact) mass is 348 g/mol. The van der Waals surface area contributed by atoms with E-state index in [0.717, 1.165) is 24.8 Å². The van der Waals surface area contributed by atoms with E-state index in [1.54, 1.807) is 23.9 Å². The molecule has 118 valence electrons. The van der Waals surface area contributed by atoms with Crippen LogP contribution in [0.2, 0.25) is 5.02 Å². The largest absolute Gasteiger partial charge is 0.316 e. The van der Waals surface area contributed by atoms with Crippen molar-refractivity contribution in [1.29, 1.82) is 0 Å². The molecule has 1 aromatic carbocycles. The average molecular weight is 349 g/mol. The molecule has 2 rings (SSSR count). The lowest BCUT2D eigenvalue weighted by molar-refractivity contribution is 0.552. The Labute approximate surface area is 136 Å². The smallest absolute Gasteiger partial charge is 0.240 e. The van der Waals surface area contributed by atoms with E-state index in [2.05, 4.69) is 16.3 Å². The lowest BCUT2D eigenvalue weighted by atomic mass is 10.2. The Balaban J connectivity index is 2.11. The summed E-state index contributed by atoms with van der Waals surface area (Å²) in [5.74, 6) is 0. The van der Waals surface area contributed by atoms with Crippen LogP contribution in [0.15, 0.2) is 23.1 Å². The van der Waals surface area contributed by atoms with Gasteiger partial charge in [0.1, 0.15) is 0 Å². The minimum absolute atomic E-state index is 0.0308. The first-order valence-electron chi connectivity index (χ1n) is 6.94. The van der Waals surface area contributed by atoms with Crippen molar-refractivity contribution < 1.29 is 8.42 Å². The summed E-state index contributed by atoms with van der Waals surface area (Å²) in [4.78, 5) is 0.236. The van der Waals surface area contributed by atoms with Crippen molar-refractivity contribution in [2.45, 2.75) is 42.0 Å². The first-order valence-corrected chi connectivity index (χ1v) is 10.1. The zero-order valence-electron chi connectivity index (χ0n) is 12.2. The summed E-state index contributed by atoms with van der Waals surface area (Å²) >= 11 is 7.95. The van der Waals surface area contributed by atoms with Gasteiger partial charge in [-0.25, -0.2) is 13.1 Å². The van der Waals surface area contributed by atoms with Gasteiger partial charge in [-0.1, -0.05) is 17.7 Å². The number of thioether (sulfide) groups is 1. The highest BCUT2D eigenvalue weighted by Gasteiger charge is 2.28. The van der Waals surface area contributed by atoms with Gasteiger partial charge in [0.25, 0.3) is 0 Å². The van der Waals surface area contributed by atoms with Gasteiger partial charge in [-0.3, -0.25) is 0 Å². The van der Waals surface area contributed by atoms with Crippen molar-refractivity contribution in [2.75, 3.05) is 13.3 Å². The standard InChI is InChI=1S/C14H21ClN2O2S2/c1-16-9-10-3-6-13(8-14(10)15)21(18,19)17-11-4-5-12(7-11)20-2/h3,6,8,11-12,16-17H,4-5,7,9H2,1-2H3. The molecule has 1 fully saturated rings. The molecule has 0 heterocycles. The van der Waals surface area contributed by atoms with Crippen LogP contribution in [0.4, 0.5) is 0 Å². The molecule has 1 aromatic rings. The van der Waals surface area contributed by atoms with Crippen LogP contribution in [-0.4, -0.2) is 33.0 Å². The molecule has 0 saturated heterocycles. The van der Waals surface area contributed by atoms with E-state index in [4.69, 9.17) is 11.6 Å². The predicted molar refractivity (Wildman–Crippen MR) is 89.5 cm³/mol. The van der Waals surface area contributed by atoms with Crippen molar-refractivity contribution in [1.82, 2.24) is 10.0 Å². The maximum atomic E-state index is 12.4. The molecule has 2 unspecified atom stereocenters. The van der Waals surface area contributed by atoms with Crippen molar-refractivity contribution in [2.24, 2.45) is 0 Å². The molecule has 7 heteroatoms. The molecular formula is C14H21ClN2O2S2. The third-order valence-electron chi connectivity index (χ3n) is 3.74. The fourth-order valence-corrected chi connectivity index (χ4v) is 5.00. The minimum atomic E-state index is -3.49. The highest BCUT2D eigenvalue weighted by molar-refractivity contribution is 7.99. The van der Waals surface area contributed by atoms with Gasteiger partial charge in [-0.05, 0) is 50.3 Å². The van der Waals surface area contributed by atoms with Gasteiger partial charge in [0.15, 0.2) is 0 Å². The van der Waals surface area contributed by atoms with Gasteiger partial charge in [0.2, 0.25) is 10.0 Å². The zero-order chi connectivity index (χ0) is 15.5. The predicted octanol–water partition coefficient (Wildman–Crippen LogP) is 2.62. The summed E-state index contributed by atoms with van der Waals surface area (Å²) in [6.07, 6.45) is 4.93. The van der Waals surface area contributed by atoms with Crippen LogP contribution < -0.4 is 10.0 Å². The molecule has 1 saturated carbocycles. The summed E-state index contributed by atoms with van der Waals surface area (Å²) < 4.78 is 27.6. The lowest BCUT2D eigenvalue weighted by Crippen LogP contribution is -2.33. The van der Waals surface area contributed by atoms with Crippen LogP contribution in [0.25, 0.3) is 0 Å². The van der Waals surface area contributed by atoms with E-state index in [1.807, 2.05) is 7.05 Å². The summed E-state index contributed by atoms with van der Waals surface area (Å²) in [6, 6.07) is 4.93. The zero-order valence-corrected chi connectivity index (χ0v) is 14.6. The van der Waals surface area contributed by atoms with Crippen LogP contribution in [0.3, 0.4) is 0 Å². The maximum Gasteiger partial charge on any atom is 0.240 e. The number of halogens is 1. The number of nitrogens with one attached hydrogen (secondary N) is 2. The summed E-state index contributed by atoms with van der Waals surface area (Å²) in [6.45, 7) is 0.616. The van der Waals surface area contributed by atoms with Crippen LogP contribution in [0.5, 0.6) is 0 Å². The Bertz CT molecular complexity index is 593. The third-order valence-corrected chi connectivity index (χ3v) is 6.71. The van der Waals surface area contributed by atoms with Crippen molar-refractivity contribution >= 4 is 33.4 Å². The molecule has 1 aliphatic carbocycles. The molecule has 0 spiro atoms. The van der Waals surface area contributed by atoms with Crippen molar-refractivity contribution in [3.8, 4) is 0 Å². The Morgan fingerprint density at radius 2 is 2.14 bits per heavy atom. The number of sulfonamides is 1. The highest BCUT2D eigenvalue weighted by Crippen LogP contribution is 2.29. The van der Waals surface area contributed by atoms with E-state index in [1.165, 1.54) is 6.07 Å². The van der Waals surface area contributed by atoms with Gasteiger partial charge in [-0.15, -0.1) is 0 Å². The second-order valence-electron chi connectivity index (χ2n) is 5.27. The van der Waals surface area contributed by atoms with Gasteiger partial charge >= 0.3 is 0 Å². The number of benzene rings is 1. The molecule has 0 aromatic heterocycles. The van der Waals surface area contributed by atoms with Crippen LogP contribution in [0, 0.1) is 0 Å². The number of hydrogen-bond donors (Lipinski definition) is 2. The Kier molecular flexibility index (Phi) is 5.96. The first kappa shape index (κ1) is 17.1. The normalized spacial score (nSPS) is 22.6. The molecule has 0 amide bonds. The summed E-state index contributed by atoms with van der Waals surface area (Å²) in [7, 11) is -1.67. The SMILES string of the molecule is CNCc1ccc(S(=O)(=O)NC2CCC(SC)C2)cc1Cl. The van der Waals surface area contributed by atoms with E-state index in [9.17, 15) is 8.42 Å². The summed E-state index contributed by atoms with van der Waals surface area (Å²) in [5.41, 5.74) is 0.890. The summed E-state index contributed by atoms with van der Waals surface area (Å²) in [5, 5.41) is 4.03. The van der Waals surface area contributed by atoms with Crippen LogP contribution in [0.1, 0.15) is 24.8 Å². The molecule has 21 heavy (non-hydrogen) atoms. The topological polar surface area (TPSA) is 58.2 Å². The average Bonchev–Trinajstić information content (AvgIpc) is 2.88. The van der Waals surface area contributed by atoms with Gasteiger partial charge in [0, 0.05) is 22.9 Å². The van der Waals surface area contributed by atoms with E-state index >= 15 is 0 Å². The minimum Gasteiger partial charge on any atom is -0.316 e. The third kappa shape index (κ3) is 4.36.